The molecule has 0 bridgehead atoms. The first kappa shape index (κ1) is 20.3. The molecule has 1 aliphatic heterocycles. The second kappa shape index (κ2) is 8.60. The van der Waals surface area contributed by atoms with E-state index in [9.17, 15) is 13.3 Å². The van der Waals surface area contributed by atoms with Crippen molar-refractivity contribution in [3.05, 3.63) is 33.8 Å². The molecule has 0 atom stereocenters. The number of thioether (sulfide) groups is 1. The van der Waals surface area contributed by atoms with Gasteiger partial charge >= 0.3 is 13.3 Å². The van der Waals surface area contributed by atoms with Crippen molar-refractivity contribution in [3.63, 3.8) is 0 Å². The van der Waals surface area contributed by atoms with Crippen molar-refractivity contribution >= 4 is 35.3 Å². The van der Waals surface area contributed by atoms with Crippen molar-refractivity contribution in [2.24, 2.45) is 0 Å². The number of benzene rings is 1. The predicted octanol–water partition coefficient (Wildman–Crippen LogP) is 4.40. The SMILES string of the molecule is O=P(O)(O)C(F)(F)c1ccc(CSCCN2CCCCC2)cc1Br. The number of alkyl halides is 2. The minimum absolute atomic E-state index is 0.0185. The number of rotatable bonds is 7. The Morgan fingerprint density at radius 3 is 2.50 bits per heavy atom. The Kier molecular flexibility index (Phi) is 7.29. The molecule has 0 aliphatic carbocycles. The van der Waals surface area contributed by atoms with E-state index in [1.165, 1.54) is 31.4 Å². The molecule has 9 heteroatoms. The summed E-state index contributed by atoms with van der Waals surface area (Å²) in [5.74, 6) is 1.65. The Hall–Kier alpha value is 0.0200. The maximum absolute atomic E-state index is 13.8. The lowest BCUT2D eigenvalue weighted by Crippen LogP contribution is -2.31. The fourth-order valence-electron chi connectivity index (χ4n) is 2.62. The smallest absolute Gasteiger partial charge is 0.320 e. The van der Waals surface area contributed by atoms with Gasteiger partial charge in [0, 0.05) is 28.1 Å². The molecule has 1 fully saturated rings. The highest BCUT2D eigenvalue weighted by atomic mass is 79.9. The zero-order valence-corrected chi connectivity index (χ0v) is 16.4. The molecule has 0 amide bonds. The monoisotopic (exact) mass is 443 g/mol. The van der Waals surface area contributed by atoms with Crippen LogP contribution in [0.5, 0.6) is 0 Å². The Labute approximate surface area is 153 Å². The van der Waals surface area contributed by atoms with Gasteiger partial charge in [0.15, 0.2) is 0 Å². The summed E-state index contributed by atoms with van der Waals surface area (Å²) in [6.45, 7) is 3.33. The highest BCUT2D eigenvalue weighted by Crippen LogP contribution is 2.60. The minimum atomic E-state index is -5.55. The summed E-state index contributed by atoms with van der Waals surface area (Å²) < 4.78 is 38.5. The van der Waals surface area contributed by atoms with Gasteiger partial charge in [0.2, 0.25) is 0 Å². The van der Waals surface area contributed by atoms with Crippen molar-refractivity contribution in [2.45, 2.75) is 30.7 Å². The molecule has 0 radical (unpaired) electrons. The van der Waals surface area contributed by atoms with E-state index in [-0.39, 0.29) is 4.47 Å². The zero-order valence-electron chi connectivity index (χ0n) is 13.1. The molecule has 1 heterocycles. The molecule has 2 N–H and O–H groups in total. The fourth-order valence-corrected chi connectivity index (χ4v) is 4.90. The third-order valence-corrected chi connectivity index (χ3v) is 6.63. The molecule has 2 rings (SSSR count). The molecule has 24 heavy (non-hydrogen) atoms. The molecule has 0 aromatic heterocycles. The standard InChI is InChI=1S/C15H21BrF2NO3PS/c16-14-10-12(4-5-13(14)15(17,18)23(20,21)22)11-24-9-8-19-6-2-1-3-7-19/h4-5,10H,1-3,6-9,11H2,(H2,20,21,22). The van der Waals surface area contributed by atoms with Crippen LogP contribution in [0.25, 0.3) is 0 Å². The molecule has 136 valence electrons. The summed E-state index contributed by atoms with van der Waals surface area (Å²) in [6.07, 6.45) is 3.82. The van der Waals surface area contributed by atoms with Crippen LogP contribution in [0.1, 0.15) is 30.4 Å². The number of piperidine rings is 1. The second-order valence-electron chi connectivity index (χ2n) is 5.85. The van der Waals surface area contributed by atoms with E-state index in [1.807, 2.05) is 0 Å². The summed E-state index contributed by atoms with van der Waals surface area (Å²) in [5.41, 5.74) is -4.03. The van der Waals surface area contributed by atoms with Crippen LogP contribution in [0.15, 0.2) is 22.7 Å². The largest absolute Gasteiger partial charge is 0.399 e. The van der Waals surface area contributed by atoms with Gasteiger partial charge in [0.05, 0.1) is 0 Å². The number of hydrogen-bond donors (Lipinski definition) is 2. The maximum atomic E-state index is 13.8. The van der Waals surface area contributed by atoms with Crippen LogP contribution < -0.4 is 0 Å². The number of likely N-dealkylation sites (tertiary alicyclic amines) is 1. The summed E-state index contributed by atoms with van der Waals surface area (Å²) in [6, 6.07) is 4.09. The average molecular weight is 444 g/mol. The topological polar surface area (TPSA) is 60.8 Å². The lowest BCUT2D eigenvalue weighted by atomic mass is 10.1. The summed E-state index contributed by atoms with van der Waals surface area (Å²) in [5, 5.41) is 0. The molecular formula is C15H21BrF2NO3PS. The molecule has 0 saturated carbocycles. The highest BCUT2D eigenvalue weighted by molar-refractivity contribution is 9.10. The van der Waals surface area contributed by atoms with Crippen LogP contribution in [-0.4, -0.2) is 40.1 Å². The first-order valence-electron chi connectivity index (χ1n) is 7.74. The van der Waals surface area contributed by atoms with Crippen molar-refractivity contribution in [1.82, 2.24) is 4.90 Å². The van der Waals surface area contributed by atoms with E-state index >= 15 is 0 Å². The van der Waals surface area contributed by atoms with E-state index in [0.29, 0.717) is 5.75 Å². The quantitative estimate of drug-likeness (QED) is 0.483. The lowest BCUT2D eigenvalue weighted by Gasteiger charge is -2.26. The van der Waals surface area contributed by atoms with Crippen molar-refractivity contribution < 1.29 is 23.1 Å². The van der Waals surface area contributed by atoms with Gasteiger partial charge in [-0.15, -0.1) is 0 Å². The maximum Gasteiger partial charge on any atom is 0.399 e. The lowest BCUT2D eigenvalue weighted by molar-refractivity contribution is 0.0557. The summed E-state index contributed by atoms with van der Waals surface area (Å²) >= 11 is 4.73. The van der Waals surface area contributed by atoms with Gasteiger partial charge in [-0.3, -0.25) is 4.57 Å². The van der Waals surface area contributed by atoms with Crippen LogP contribution in [-0.2, 0) is 16.0 Å². The minimum Gasteiger partial charge on any atom is -0.320 e. The van der Waals surface area contributed by atoms with Gasteiger partial charge in [-0.05, 0) is 37.6 Å². The van der Waals surface area contributed by atoms with Gasteiger partial charge < -0.3 is 14.7 Å². The van der Waals surface area contributed by atoms with Crippen LogP contribution in [0.2, 0.25) is 0 Å². The van der Waals surface area contributed by atoms with Crippen molar-refractivity contribution in [3.8, 4) is 0 Å². The van der Waals surface area contributed by atoms with Gasteiger partial charge in [-0.1, -0.05) is 34.5 Å². The predicted molar refractivity (Wildman–Crippen MR) is 96.5 cm³/mol. The molecule has 1 aromatic rings. The Balaban J connectivity index is 1.89. The highest BCUT2D eigenvalue weighted by Gasteiger charge is 2.51. The van der Waals surface area contributed by atoms with E-state index in [0.717, 1.165) is 37.0 Å². The van der Waals surface area contributed by atoms with E-state index in [4.69, 9.17) is 9.79 Å². The zero-order chi connectivity index (χ0) is 17.8. The Bertz CT molecular complexity index is 608. The van der Waals surface area contributed by atoms with Crippen molar-refractivity contribution in [2.75, 3.05) is 25.4 Å². The molecule has 4 nitrogen and oxygen atoms in total. The molecular weight excluding hydrogens is 423 g/mol. The van der Waals surface area contributed by atoms with Crippen LogP contribution >= 0.6 is 35.3 Å². The molecule has 0 unspecified atom stereocenters. The molecule has 1 saturated heterocycles. The average Bonchev–Trinajstić information content (AvgIpc) is 2.51. The van der Waals surface area contributed by atoms with Gasteiger partial charge in [-0.25, -0.2) is 0 Å². The van der Waals surface area contributed by atoms with Crippen LogP contribution in [0, 0.1) is 0 Å². The summed E-state index contributed by atoms with van der Waals surface area (Å²) in [7, 11) is -5.55. The summed E-state index contributed by atoms with van der Waals surface area (Å²) in [4.78, 5) is 20.1. The number of nitrogens with zero attached hydrogens (tertiary/aromatic N) is 1. The van der Waals surface area contributed by atoms with Crippen molar-refractivity contribution in [1.29, 1.82) is 0 Å². The number of halogens is 3. The number of hydrogen-bond acceptors (Lipinski definition) is 3. The first-order chi connectivity index (χ1) is 11.2. The molecule has 1 aliphatic rings. The van der Waals surface area contributed by atoms with Crippen LogP contribution in [0.3, 0.4) is 0 Å². The second-order valence-corrected chi connectivity index (χ2v) is 9.46. The van der Waals surface area contributed by atoms with E-state index in [1.54, 1.807) is 11.8 Å². The third-order valence-electron chi connectivity index (χ3n) is 3.99. The first-order valence-corrected chi connectivity index (χ1v) is 11.3. The van der Waals surface area contributed by atoms with Gasteiger partial charge in [0.1, 0.15) is 0 Å². The molecule has 0 spiro atoms. The van der Waals surface area contributed by atoms with Gasteiger partial charge in [0.25, 0.3) is 0 Å². The fraction of sp³-hybridized carbons (Fsp3) is 0.600. The molecule has 1 aromatic carbocycles. The van der Waals surface area contributed by atoms with E-state index < -0.39 is 18.8 Å². The Morgan fingerprint density at radius 1 is 1.25 bits per heavy atom. The van der Waals surface area contributed by atoms with Gasteiger partial charge in [-0.2, -0.15) is 20.5 Å². The van der Waals surface area contributed by atoms with E-state index in [2.05, 4.69) is 20.8 Å². The normalized spacial score (nSPS) is 17.2. The van der Waals surface area contributed by atoms with Crippen LogP contribution in [0.4, 0.5) is 8.78 Å². The Morgan fingerprint density at radius 2 is 1.92 bits per heavy atom. The third kappa shape index (κ3) is 5.26.